The molecule has 25 heavy (non-hydrogen) atoms. The van der Waals surface area contributed by atoms with Gasteiger partial charge < -0.3 is 15.0 Å². The highest BCUT2D eigenvalue weighted by atomic mass is 32.1. The van der Waals surface area contributed by atoms with Crippen LogP contribution in [0.5, 0.6) is 0 Å². The molecule has 6 heteroatoms. The average molecular weight is 362 g/mol. The highest BCUT2D eigenvalue weighted by Crippen LogP contribution is 2.05. The largest absolute Gasteiger partial charge is 0.469 e. The van der Waals surface area contributed by atoms with Gasteiger partial charge in [0.1, 0.15) is 0 Å². The topological polar surface area (TPSA) is 44.8 Å². The van der Waals surface area contributed by atoms with Gasteiger partial charge in [0, 0.05) is 45.7 Å². The molecule has 1 aromatic rings. The molecule has 0 amide bonds. The first kappa shape index (κ1) is 19.4. The second-order valence-corrected chi connectivity index (χ2v) is 6.40. The van der Waals surface area contributed by atoms with Crippen LogP contribution in [0.1, 0.15) is 18.4 Å². The summed E-state index contributed by atoms with van der Waals surface area (Å²) in [5.74, 6) is -0.176. The molecule has 1 saturated heterocycles. The predicted octanol–water partition coefficient (Wildman–Crippen LogP) is 2.15. The van der Waals surface area contributed by atoms with Crippen LogP contribution in [0.4, 0.5) is 0 Å². The van der Waals surface area contributed by atoms with Gasteiger partial charge in [-0.05, 0) is 24.2 Å². The summed E-state index contributed by atoms with van der Waals surface area (Å²) >= 11 is 5.44. The number of nitrogens with one attached hydrogen (secondary N) is 1. The Morgan fingerprint density at radius 3 is 2.64 bits per heavy atom. The van der Waals surface area contributed by atoms with Crippen molar-refractivity contribution in [3.05, 3.63) is 42.0 Å². The quantitative estimate of drug-likeness (QED) is 0.456. The van der Waals surface area contributed by atoms with Crippen molar-refractivity contribution < 1.29 is 9.53 Å². The summed E-state index contributed by atoms with van der Waals surface area (Å²) in [5, 5.41) is 4.01. The van der Waals surface area contributed by atoms with Gasteiger partial charge in [-0.2, -0.15) is 0 Å². The zero-order chi connectivity index (χ0) is 17.9. The summed E-state index contributed by atoms with van der Waals surface area (Å²) in [6, 6.07) is 10.4. The highest BCUT2D eigenvalue weighted by Gasteiger charge is 2.17. The summed E-state index contributed by atoms with van der Waals surface area (Å²) in [4.78, 5) is 15.7. The number of nitrogens with zero attached hydrogens (tertiary/aromatic N) is 2. The standard InChI is InChI=1S/C19H27N3O2S/c1-24-18(23)10-5-11-20-19(25)22-15-13-21(14-16-22)12-6-9-17-7-3-2-4-8-17/h2-4,6-9H,5,10-16H2,1H3,(H,20,25)/b9-6+. The van der Waals surface area contributed by atoms with Gasteiger partial charge in [-0.1, -0.05) is 42.5 Å². The second-order valence-electron chi connectivity index (χ2n) is 6.01. The number of esters is 1. The van der Waals surface area contributed by atoms with Gasteiger partial charge in [0.25, 0.3) is 0 Å². The number of hydrogen-bond donors (Lipinski definition) is 1. The van der Waals surface area contributed by atoms with Crippen LogP contribution in [0.15, 0.2) is 36.4 Å². The molecular formula is C19H27N3O2S. The third-order valence-corrected chi connectivity index (χ3v) is 4.60. The lowest BCUT2D eigenvalue weighted by Crippen LogP contribution is -2.51. The predicted molar refractivity (Wildman–Crippen MR) is 105 cm³/mol. The maximum atomic E-state index is 11.1. The van der Waals surface area contributed by atoms with Crippen LogP contribution in [-0.4, -0.2) is 67.3 Å². The minimum absolute atomic E-state index is 0.176. The van der Waals surface area contributed by atoms with Crippen molar-refractivity contribution in [2.45, 2.75) is 12.8 Å². The molecule has 0 unspecified atom stereocenters. The Kier molecular flexibility index (Phi) is 8.42. The van der Waals surface area contributed by atoms with E-state index in [9.17, 15) is 4.79 Å². The Morgan fingerprint density at radius 2 is 1.96 bits per heavy atom. The molecule has 0 radical (unpaired) electrons. The number of ether oxygens (including phenoxy) is 1. The Hall–Kier alpha value is -1.92. The van der Waals surface area contributed by atoms with Crippen LogP contribution in [0.25, 0.3) is 6.08 Å². The molecule has 1 aromatic carbocycles. The van der Waals surface area contributed by atoms with Crippen molar-refractivity contribution in [3.8, 4) is 0 Å². The van der Waals surface area contributed by atoms with E-state index < -0.39 is 0 Å². The van der Waals surface area contributed by atoms with Crippen LogP contribution in [0, 0.1) is 0 Å². The fourth-order valence-corrected chi connectivity index (χ4v) is 2.96. The highest BCUT2D eigenvalue weighted by molar-refractivity contribution is 7.80. The van der Waals surface area contributed by atoms with E-state index in [4.69, 9.17) is 12.2 Å². The monoisotopic (exact) mass is 361 g/mol. The first-order valence-corrected chi connectivity index (χ1v) is 9.13. The summed E-state index contributed by atoms with van der Waals surface area (Å²) in [7, 11) is 1.41. The molecule has 0 bridgehead atoms. The third kappa shape index (κ3) is 7.23. The normalized spacial score (nSPS) is 15.3. The van der Waals surface area contributed by atoms with Crippen molar-refractivity contribution >= 4 is 29.4 Å². The van der Waals surface area contributed by atoms with Crippen LogP contribution >= 0.6 is 12.2 Å². The number of hydrogen-bond acceptors (Lipinski definition) is 4. The number of carbonyl (C=O) groups is 1. The maximum Gasteiger partial charge on any atom is 0.305 e. The molecule has 1 aliphatic heterocycles. The van der Waals surface area contributed by atoms with E-state index in [-0.39, 0.29) is 5.97 Å². The molecule has 1 aliphatic rings. The van der Waals surface area contributed by atoms with Crippen molar-refractivity contribution in [2.75, 3.05) is 46.4 Å². The molecule has 5 nitrogen and oxygen atoms in total. The summed E-state index contributed by atoms with van der Waals surface area (Å²) < 4.78 is 4.62. The molecular weight excluding hydrogens is 334 g/mol. The molecule has 0 atom stereocenters. The number of carbonyl (C=O) groups excluding carboxylic acids is 1. The van der Waals surface area contributed by atoms with Gasteiger partial charge in [-0.15, -0.1) is 0 Å². The number of thiocarbonyl (C=S) groups is 1. The minimum atomic E-state index is -0.176. The number of methoxy groups -OCH3 is 1. The lowest BCUT2D eigenvalue weighted by atomic mass is 10.2. The zero-order valence-electron chi connectivity index (χ0n) is 14.8. The van der Waals surface area contributed by atoms with E-state index >= 15 is 0 Å². The van der Waals surface area contributed by atoms with Crippen LogP contribution < -0.4 is 5.32 Å². The van der Waals surface area contributed by atoms with E-state index in [0.717, 1.165) is 44.3 Å². The Balaban J connectivity index is 1.61. The van der Waals surface area contributed by atoms with Gasteiger partial charge in [0.05, 0.1) is 7.11 Å². The van der Waals surface area contributed by atoms with Gasteiger partial charge in [-0.25, -0.2) is 0 Å². The summed E-state index contributed by atoms with van der Waals surface area (Å²) in [6.07, 6.45) is 5.54. The van der Waals surface area contributed by atoms with Crippen molar-refractivity contribution in [1.82, 2.24) is 15.1 Å². The molecule has 2 rings (SSSR count). The molecule has 0 spiro atoms. The van der Waals surface area contributed by atoms with Crippen LogP contribution in [0.2, 0.25) is 0 Å². The van der Waals surface area contributed by atoms with Crippen molar-refractivity contribution in [2.24, 2.45) is 0 Å². The molecule has 136 valence electrons. The summed E-state index contributed by atoms with van der Waals surface area (Å²) in [5.41, 5.74) is 1.23. The molecule has 1 N–H and O–H groups in total. The zero-order valence-corrected chi connectivity index (χ0v) is 15.6. The Morgan fingerprint density at radius 1 is 1.24 bits per heavy atom. The third-order valence-electron chi connectivity index (χ3n) is 4.19. The summed E-state index contributed by atoms with van der Waals surface area (Å²) in [6.45, 7) is 5.53. The van der Waals surface area contributed by atoms with Crippen molar-refractivity contribution in [3.63, 3.8) is 0 Å². The first-order chi connectivity index (χ1) is 12.2. The smallest absolute Gasteiger partial charge is 0.305 e. The molecule has 1 fully saturated rings. The molecule has 0 aromatic heterocycles. The van der Waals surface area contributed by atoms with E-state index in [0.29, 0.717) is 13.0 Å². The molecule has 0 saturated carbocycles. The average Bonchev–Trinajstić information content (AvgIpc) is 2.66. The fraction of sp³-hybridized carbons (Fsp3) is 0.474. The lowest BCUT2D eigenvalue weighted by Gasteiger charge is -2.35. The number of piperazine rings is 1. The van der Waals surface area contributed by atoms with Crippen LogP contribution in [0.3, 0.4) is 0 Å². The lowest BCUT2D eigenvalue weighted by molar-refractivity contribution is -0.140. The molecule has 1 heterocycles. The van der Waals surface area contributed by atoms with E-state index in [2.05, 4.69) is 56.3 Å². The Bertz CT molecular complexity index is 569. The van der Waals surface area contributed by atoms with Gasteiger partial charge >= 0.3 is 5.97 Å². The number of rotatable bonds is 7. The van der Waals surface area contributed by atoms with Gasteiger partial charge in [0.2, 0.25) is 0 Å². The van der Waals surface area contributed by atoms with Crippen molar-refractivity contribution in [1.29, 1.82) is 0 Å². The number of benzene rings is 1. The van der Waals surface area contributed by atoms with Gasteiger partial charge in [-0.3, -0.25) is 9.69 Å². The van der Waals surface area contributed by atoms with E-state index in [1.165, 1.54) is 12.7 Å². The van der Waals surface area contributed by atoms with Crippen LogP contribution in [-0.2, 0) is 9.53 Å². The SMILES string of the molecule is COC(=O)CCCNC(=S)N1CCN(C/C=C/c2ccccc2)CC1. The fourth-order valence-electron chi connectivity index (χ4n) is 2.68. The van der Waals surface area contributed by atoms with E-state index in [1.54, 1.807) is 0 Å². The Labute approximate surface area is 155 Å². The van der Waals surface area contributed by atoms with Gasteiger partial charge in [0.15, 0.2) is 5.11 Å². The van der Waals surface area contributed by atoms with E-state index in [1.807, 2.05) is 6.07 Å². The first-order valence-electron chi connectivity index (χ1n) is 8.72. The minimum Gasteiger partial charge on any atom is -0.469 e. The second kappa shape index (κ2) is 10.8. The molecule has 0 aliphatic carbocycles. The maximum absolute atomic E-state index is 11.1.